The minimum absolute atomic E-state index is 0.0424. The highest BCUT2D eigenvalue weighted by atomic mass is 35.5. The summed E-state index contributed by atoms with van der Waals surface area (Å²) >= 11 is 7.89. The molecule has 2 aliphatic heterocycles. The topological polar surface area (TPSA) is 197 Å². The molecule has 166 valence electrons. The number of hydrogen-bond donors (Lipinski definition) is 4. The highest BCUT2D eigenvalue weighted by Gasteiger charge is 2.54. The third-order valence-electron chi connectivity index (χ3n) is 4.71. The zero-order valence-electron chi connectivity index (χ0n) is 15.8. The van der Waals surface area contributed by atoms with Gasteiger partial charge >= 0.3 is 5.97 Å². The molecule has 1 fully saturated rings. The van der Waals surface area contributed by atoms with Gasteiger partial charge in [0.1, 0.15) is 34.4 Å². The fourth-order valence-electron chi connectivity index (χ4n) is 3.39. The second-order valence-electron chi connectivity index (χ2n) is 6.49. The Kier molecular flexibility index (Phi) is 5.94. The number of nitrogens with zero attached hydrogens (tertiary/aromatic N) is 6. The first-order chi connectivity index (χ1) is 15.3. The van der Waals surface area contributed by atoms with Crippen molar-refractivity contribution >= 4 is 63.3 Å². The summed E-state index contributed by atoms with van der Waals surface area (Å²) in [5.74, 6) is -2.80. The van der Waals surface area contributed by atoms with Crippen molar-refractivity contribution in [3.05, 3.63) is 33.3 Å². The normalized spacial score (nSPS) is 20.6. The smallest absolute Gasteiger partial charge is 0.353 e. The van der Waals surface area contributed by atoms with Crippen LogP contribution in [0.1, 0.15) is 18.5 Å². The number of carbonyl (C=O) groups is 3. The number of aromatic nitrogens is 4. The van der Waals surface area contributed by atoms with Crippen molar-refractivity contribution in [3.63, 3.8) is 0 Å². The summed E-state index contributed by atoms with van der Waals surface area (Å²) in [5, 5.41) is 24.7. The van der Waals surface area contributed by atoms with E-state index in [0.29, 0.717) is 22.9 Å². The lowest BCUT2D eigenvalue weighted by Gasteiger charge is -2.49. The minimum atomic E-state index is -1.29. The fourth-order valence-corrected chi connectivity index (χ4v) is 5.24. The summed E-state index contributed by atoms with van der Waals surface area (Å²) < 4.78 is 0.0424. The van der Waals surface area contributed by atoms with Crippen LogP contribution >= 0.6 is 34.7 Å². The lowest BCUT2D eigenvalue weighted by atomic mass is 9.86. The Morgan fingerprint density at radius 1 is 1.38 bits per heavy atom. The first kappa shape index (κ1) is 21.9. The van der Waals surface area contributed by atoms with Crippen molar-refractivity contribution in [2.45, 2.75) is 30.1 Å². The van der Waals surface area contributed by atoms with Crippen LogP contribution in [0, 0.1) is 0 Å². The van der Waals surface area contributed by atoms with Gasteiger partial charge in [0.05, 0.1) is 6.04 Å². The molecular weight excluding hydrogens is 484 g/mol. The van der Waals surface area contributed by atoms with E-state index < -0.39 is 35.6 Å². The maximum atomic E-state index is 12.8. The van der Waals surface area contributed by atoms with Gasteiger partial charge in [-0.3, -0.25) is 14.5 Å². The minimum Gasteiger partial charge on any atom is -0.477 e. The number of thioether (sulfide) groups is 1. The van der Waals surface area contributed by atoms with Crippen LogP contribution in [0.15, 0.2) is 33.6 Å². The number of halogens is 1. The molecule has 13 nitrogen and oxygen atoms in total. The van der Waals surface area contributed by atoms with Crippen LogP contribution in [-0.4, -0.2) is 70.7 Å². The number of amides is 2. The van der Waals surface area contributed by atoms with Gasteiger partial charge in [0, 0.05) is 4.91 Å². The fraction of sp³-hybridized carbons (Fsp3) is 0.250. The lowest BCUT2D eigenvalue weighted by molar-refractivity contribution is -0.155. The average molecular weight is 497 g/mol. The molecule has 32 heavy (non-hydrogen) atoms. The quantitative estimate of drug-likeness (QED) is 0.186. The molecule has 2 aliphatic rings. The number of thiazole rings is 1. The number of anilines is 1. The number of carboxylic acids is 1. The maximum Gasteiger partial charge on any atom is 0.353 e. The summed E-state index contributed by atoms with van der Waals surface area (Å²) in [4.78, 5) is 54.3. The summed E-state index contributed by atoms with van der Waals surface area (Å²) in [7, 11) is 0. The van der Waals surface area contributed by atoms with E-state index in [2.05, 4.69) is 30.4 Å². The lowest BCUT2D eigenvalue weighted by Crippen LogP contribution is -2.72. The van der Waals surface area contributed by atoms with Gasteiger partial charge in [-0.25, -0.2) is 24.7 Å². The van der Waals surface area contributed by atoms with Crippen molar-refractivity contribution in [1.29, 1.82) is 0 Å². The van der Waals surface area contributed by atoms with E-state index >= 15 is 0 Å². The Hall–Kier alpha value is -3.30. The second kappa shape index (κ2) is 8.68. The number of nitrogens with two attached hydrogens (primary N) is 1. The van der Waals surface area contributed by atoms with E-state index in [1.165, 1.54) is 12.7 Å². The molecule has 2 atom stereocenters. The van der Waals surface area contributed by atoms with Crippen LogP contribution in [0.4, 0.5) is 5.13 Å². The van der Waals surface area contributed by atoms with E-state index in [1.54, 1.807) is 0 Å². The molecule has 0 spiro atoms. The molecule has 0 aliphatic carbocycles. The van der Waals surface area contributed by atoms with Crippen molar-refractivity contribution in [1.82, 2.24) is 30.2 Å². The zero-order chi connectivity index (χ0) is 23.0. The summed E-state index contributed by atoms with van der Waals surface area (Å²) in [6.07, 6.45) is 3.28. The number of nitrogen functional groups attached to an aromatic ring is 1. The van der Waals surface area contributed by atoms with Crippen LogP contribution < -0.4 is 11.1 Å². The van der Waals surface area contributed by atoms with Crippen LogP contribution in [-0.2, 0) is 14.4 Å². The number of aliphatic carboxylic acids is 1. The van der Waals surface area contributed by atoms with Crippen molar-refractivity contribution < 1.29 is 24.7 Å². The van der Waals surface area contributed by atoms with Gasteiger partial charge in [0.2, 0.25) is 0 Å². The monoisotopic (exact) mass is 496 g/mol. The molecule has 2 aromatic heterocycles. The number of nitrogens with one attached hydrogen (secondary N) is 1. The molecule has 0 radical (unpaired) electrons. The molecular formula is C16H13ClN8O5S2. The third kappa shape index (κ3) is 3.85. The number of oxime groups is 1. The Morgan fingerprint density at radius 3 is 2.69 bits per heavy atom. The Labute approximate surface area is 192 Å². The predicted molar refractivity (Wildman–Crippen MR) is 112 cm³/mol. The van der Waals surface area contributed by atoms with Crippen LogP contribution in [0.2, 0.25) is 4.34 Å². The summed E-state index contributed by atoms with van der Waals surface area (Å²) in [6.45, 7) is 0. The SMILES string of the molecule is Nc1nc(/C(=N/O)C(=O)NC2C(=O)N3C(C(=O)O)=C(Sc4ncncn4)CCC23)c(Cl)s1. The van der Waals surface area contributed by atoms with Gasteiger partial charge in [-0.1, -0.05) is 39.9 Å². The van der Waals surface area contributed by atoms with Crippen LogP contribution in [0.3, 0.4) is 0 Å². The van der Waals surface area contributed by atoms with Crippen molar-refractivity contribution in [2.24, 2.45) is 5.16 Å². The summed E-state index contributed by atoms with van der Waals surface area (Å²) in [6, 6.07) is -1.59. The first-order valence-electron chi connectivity index (χ1n) is 8.86. The number of fused-ring (bicyclic) bond motifs is 1. The van der Waals surface area contributed by atoms with E-state index in [0.717, 1.165) is 28.0 Å². The van der Waals surface area contributed by atoms with Crippen LogP contribution in [0.5, 0.6) is 0 Å². The molecule has 2 unspecified atom stereocenters. The largest absolute Gasteiger partial charge is 0.477 e. The Bertz CT molecular complexity index is 1170. The van der Waals surface area contributed by atoms with Crippen LogP contribution in [0.25, 0.3) is 0 Å². The standard InChI is InChI=1S/C16H13ClN8O5S2/c17-11-8(23-15(18)32-11)9(24-30)12(26)22-7-5-1-2-6(31-16-20-3-19-4-21-16)10(14(28)29)25(5)13(7)27/h3-5,7,30H,1-2H2,(H2,18,23)(H,22,26)(H,28,29)/b24-9-. The van der Waals surface area contributed by atoms with Crippen molar-refractivity contribution in [3.8, 4) is 0 Å². The van der Waals surface area contributed by atoms with E-state index in [9.17, 15) is 24.7 Å². The zero-order valence-corrected chi connectivity index (χ0v) is 18.2. The van der Waals surface area contributed by atoms with Gasteiger partial charge in [0.15, 0.2) is 16.0 Å². The highest BCUT2D eigenvalue weighted by molar-refractivity contribution is 8.03. The van der Waals surface area contributed by atoms with Gasteiger partial charge in [0.25, 0.3) is 11.8 Å². The molecule has 4 heterocycles. The predicted octanol–water partition coefficient (Wildman–Crippen LogP) is 0.320. The number of rotatable bonds is 6. The molecule has 0 saturated carbocycles. The number of carboxylic acid groups (broad SMARTS) is 1. The highest BCUT2D eigenvalue weighted by Crippen LogP contribution is 2.42. The molecule has 1 saturated heterocycles. The van der Waals surface area contributed by atoms with Gasteiger partial charge in [-0.15, -0.1) is 0 Å². The number of allylic oxidation sites excluding steroid dienone is 1. The first-order valence-corrected chi connectivity index (χ1v) is 10.9. The number of β-lactam (4-membered cyclic amide) rings is 1. The van der Waals surface area contributed by atoms with E-state index in [-0.39, 0.29) is 20.9 Å². The molecule has 0 aromatic carbocycles. The van der Waals surface area contributed by atoms with Gasteiger partial charge in [-0.2, -0.15) is 0 Å². The number of hydrogen-bond acceptors (Lipinski definition) is 12. The molecule has 5 N–H and O–H groups in total. The van der Waals surface area contributed by atoms with E-state index in [4.69, 9.17) is 17.3 Å². The Balaban J connectivity index is 1.53. The second-order valence-corrected chi connectivity index (χ2v) is 9.18. The average Bonchev–Trinajstić information content (AvgIpc) is 3.10. The maximum absolute atomic E-state index is 12.8. The molecule has 0 bridgehead atoms. The molecule has 2 amide bonds. The Morgan fingerprint density at radius 2 is 2.09 bits per heavy atom. The van der Waals surface area contributed by atoms with Gasteiger partial charge < -0.3 is 21.4 Å². The van der Waals surface area contributed by atoms with Crippen molar-refractivity contribution in [2.75, 3.05) is 5.73 Å². The third-order valence-corrected chi connectivity index (χ3v) is 6.83. The van der Waals surface area contributed by atoms with E-state index in [1.807, 2.05) is 0 Å². The molecule has 2 aromatic rings. The molecule has 4 rings (SSSR count). The van der Waals surface area contributed by atoms with Gasteiger partial charge in [-0.05, 0) is 12.8 Å². The summed E-state index contributed by atoms with van der Waals surface area (Å²) in [5.41, 5.74) is 4.73. The molecule has 16 heteroatoms. The number of carbonyl (C=O) groups excluding carboxylic acids is 2.